The monoisotopic (exact) mass is 339 g/mol. The van der Waals surface area contributed by atoms with Gasteiger partial charge in [-0.3, -0.25) is 10.1 Å². The molecule has 8 nitrogen and oxygen atoms in total. The Balaban J connectivity index is 1.89. The zero-order chi connectivity index (χ0) is 18.0. The van der Waals surface area contributed by atoms with Gasteiger partial charge in [-0.25, -0.2) is 9.97 Å². The van der Waals surface area contributed by atoms with E-state index in [1.54, 1.807) is 12.1 Å². The van der Waals surface area contributed by atoms with Crippen LogP contribution in [0.4, 0.5) is 11.5 Å². The molecule has 1 aliphatic rings. The first-order valence-corrected chi connectivity index (χ1v) is 7.91. The SMILES string of the molecule is CCc1cc(N2CC(O)(CC#N)C2)nc(-c2ccc([N+](=O)[O-])cc2)n1. The number of hydrogen-bond acceptors (Lipinski definition) is 7. The maximum absolute atomic E-state index is 10.8. The first-order valence-electron chi connectivity index (χ1n) is 7.91. The smallest absolute Gasteiger partial charge is 0.269 e. The molecule has 1 aliphatic heterocycles. The van der Waals surface area contributed by atoms with Crippen LogP contribution in [-0.2, 0) is 6.42 Å². The number of benzene rings is 1. The van der Waals surface area contributed by atoms with Crippen molar-refractivity contribution in [1.82, 2.24) is 9.97 Å². The van der Waals surface area contributed by atoms with Crippen molar-refractivity contribution in [3.63, 3.8) is 0 Å². The molecule has 0 saturated carbocycles. The summed E-state index contributed by atoms with van der Waals surface area (Å²) in [5.41, 5.74) is 0.559. The summed E-state index contributed by atoms with van der Waals surface area (Å²) in [7, 11) is 0. The van der Waals surface area contributed by atoms with Gasteiger partial charge in [-0.1, -0.05) is 6.92 Å². The van der Waals surface area contributed by atoms with Gasteiger partial charge in [0.25, 0.3) is 5.69 Å². The van der Waals surface area contributed by atoms with E-state index in [2.05, 4.69) is 9.97 Å². The van der Waals surface area contributed by atoms with Crippen LogP contribution in [0, 0.1) is 21.4 Å². The molecule has 2 heterocycles. The summed E-state index contributed by atoms with van der Waals surface area (Å²) in [4.78, 5) is 21.2. The molecule has 8 heteroatoms. The quantitative estimate of drug-likeness (QED) is 0.654. The molecule has 1 fully saturated rings. The fourth-order valence-corrected chi connectivity index (χ4v) is 2.77. The first kappa shape index (κ1) is 16.8. The lowest BCUT2D eigenvalue weighted by atomic mass is 9.91. The molecule has 128 valence electrons. The van der Waals surface area contributed by atoms with Gasteiger partial charge in [0.05, 0.1) is 30.5 Å². The molecule has 0 amide bonds. The normalized spacial score (nSPS) is 15.3. The fraction of sp³-hybridized carbons (Fsp3) is 0.353. The highest BCUT2D eigenvalue weighted by Gasteiger charge is 2.41. The average molecular weight is 339 g/mol. The van der Waals surface area contributed by atoms with Crippen molar-refractivity contribution in [2.75, 3.05) is 18.0 Å². The minimum absolute atomic E-state index is 0.0138. The van der Waals surface area contributed by atoms with Crippen molar-refractivity contribution in [2.24, 2.45) is 0 Å². The fourth-order valence-electron chi connectivity index (χ4n) is 2.77. The number of nitriles is 1. The second-order valence-electron chi connectivity index (χ2n) is 6.11. The molecule has 0 unspecified atom stereocenters. The highest BCUT2D eigenvalue weighted by atomic mass is 16.6. The molecular formula is C17H17N5O3. The Bertz CT molecular complexity index is 838. The predicted molar refractivity (Wildman–Crippen MR) is 90.9 cm³/mol. The minimum Gasteiger partial charge on any atom is -0.385 e. The second-order valence-corrected chi connectivity index (χ2v) is 6.11. The third kappa shape index (κ3) is 3.41. The van der Waals surface area contributed by atoms with E-state index in [0.717, 1.165) is 5.69 Å². The van der Waals surface area contributed by atoms with Gasteiger partial charge in [0.15, 0.2) is 5.82 Å². The third-order valence-electron chi connectivity index (χ3n) is 4.17. The van der Waals surface area contributed by atoms with Gasteiger partial charge in [0.1, 0.15) is 11.4 Å². The molecule has 1 aromatic heterocycles. The number of nitro groups is 1. The molecule has 0 atom stereocenters. The summed E-state index contributed by atoms with van der Waals surface area (Å²) >= 11 is 0. The van der Waals surface area contributed by atoms with E-state index in [4.69, 9.17) is 5.26 Å². The molecule has 0 aliphatic carbocycles. The van der Waals surface area contributed by atoms with Crippen LogP contribution >= 0.6 is 0 Å². The second kappa shape index (κ2) is 6.45. The van der Waals surface area contributed by atoms with Crippen LogP contribution in [0.3, 0.4) is 0 Å². The highest BCUT2D eigenvalue weighted by Crippen LogP contribution is 2.30. The van der Waals surface area contributed by atoms with Crippen LogP contribution in [0.15, 0.2) is 30.3 Å². The van der Waals surface area contributed by atoms with Crippen molar-refractivity contribution in [1.29, 1.82) is 5.26 Å². The lowest BCUT2D eigenvalue weighted by Gasteiger charge is -2.46. The molecule has 1 N–H and O–H groups in total. The van der Waals surface area contributed by atoms with E-state index < -0.39 is 10.5 Å². The summed E-state index contributed by atoms with van der Waals surface area (Å²) in [6, 6.07) is 9.95. The molecule has 3 rings (SSSR count). The number of rotatable bonds is 5. The number of anilines is 1. The van der Waals surface area contributed by atoms with Gasteiger partial charge in [0, 0.05) is 29.5 Å². The topological polar surface area (TPSA) is 116 Å². The maximum Gasteiger partial charge on any atom is 0.269 e. The Morgan fingerprint density at radius 2 is 2.04 bits per heavy atom. The van der Waals surface area contributed by atoms with E-state index in [9.17, 15) is 15.2 Å². The van der Waals surface area contributed by atoms with Crippen molar-refractivity contribution in [3.05, 3.63) is 46.1 Å². The van der Waals surface area contributed by atoms with Gasteiger partial charge in [-0.05, 0) is 18.6 Å². The number of hydrogen-bond donors (Lipinski definition) is 1. The van der Waals surface area contributed by atoms with Crippen LogP contribution < -0.4 is 4.90 Å². The molecule has 0 spiro atoms. The highest BCUT2D eigenvalue weighted by molar-refractivity contribution is 5.60. The zero-order valence-electron chi connectivity index (χ0n) is 13.7. The number of aromatic nitrogens is 2. The number of aliphatic hydroxyl groups is 1. The number of non-ortho nitro benzene ring substituents is 1. The number of aryl methyl sites for hydroxylation is 1. The van der Waals surface area contributed by atoms with E-state index in [-0.39, 0.29) is 12.1 Å². The van der Waals surface area contributed by atoms with E-state index in [1.165, 1.54) is 12.1 Å². The van der Waals surface area contributed by atoms with Gasteiger partial charge >= 0.3 is 0 Å². The van der Waals surface area contributed by atoms with Gasteiger partial charge in [-0.15, -0.1) is 0 Å². The molecule has 0 radical (unpaired) electrons. The van der Waals surface area contributed by atoms with E-state index in [1.807, 2.05) is 24.0 Å². The average Bonchev–Trinajstić information content (AvgIpc) is 2.59. The van der Waals surface area contributed by atoms with Crippen molar-refractivity contribution < 1.29 is 10.0 Å². The maximum atomic E-state index is 10.8. The molecule has 1 aromatic carbocycles. The number of nitrogens with zero attached hydrogens (tertiary/aromatic N) is 5. The predicted octanol–water partition coefficient (Wildman–Crippen LogP) is 2.08. The summed E-state index contributed by atoms with van der Waals surface area (Å²) in [6.45, 7) is 2.68. The number of β-amino-alcohol motifs (C(OH)–C–C–N with tert-alkyl or cyclic N) is 1. The molecule has 25 heavy (non-hydrogen) atoms. The van der Waals surface area contributed by atoms with Crippen molar-refractivity contribution in [2.45, 2.75) is 25.4 Å². The van der Waals surface area contributed by atoms with Crippen LogP contribution in [0.2, 0.25) is 0 Å². The van der Waals surface area contributed by atoms with Gasteiger partial charge < -0.3 is 10.0 Å². The first-order chi connectivity index (χ1) is 11.9. The Hall–Kier alpha value is -3.05. The van der Waals surface area contributed by atoms with Crippen LogP contribution in [0.1, 0.15) is 19.0 Å². The summed E-state index contributed by atoms with van der Waals surface area (Å²) in [6.07, 6.45) is 0.802. The largest absolute Gasteiger partial charge is 0.385 e. The Morgan fingerprint density at radius 3 is 2.60 bits per heavy atom. The van der Waals surface area contributed by atoms with Crippen molar-refractivity contribution in [3.8, 4) is 17.5 Å². The van der Waals surface area contributed by atoms with Gasteiger partial charge in [0.2, 0.25) is 0 Å². The standard InChI is InChI=1S/C17H17N5O3/c1-2-13-9-15(21-10-17(23,11-21)7-8-18)20-16(19-13)12-3-5-14(6-4-12)22(24)25/h3-6,9,23H,2,7,10-11H2,1H3. The van der Waals surface area contributed by atoms with Crippen molar-refractivity contribution >= 4 is 11.5 Å². The summed E-state index contributed by atoms with van der Waals surface area (Å²) in [5.74, 6) is 1.17. The molecular weight excluding hydrogens is 322 g/mol. The Kier molecular flexibility index (Phi) is 4.33. The zero-order valence-corrected chi connectivity index (χ0v) is 13.7. The lowest BCUT2D eigenvalue weighted by Crippen LogP contribution is -2.62. The molecule has 0 bridgehead atoms. The molecule has 2 aromatic rings. The van der Waals surface area contributed by atoms with E-state index >= 15 is 0 Å². The number of nitro benzene ring substituents is 1. The van der Waals surface area contributed by atoms with Crippen LogP contribution in [0.5, 0.6) is 0 Å². The Morgan fingerprint density at radius 1 is 1.36 bits per heavy atom. The van der Waals surface area contributed by atoms with E-state index in [0.29, 0.717) is 36.7 Å². The third-order valence-corrected chi connectivity index (χ3v) is 4.17. The summed E-state index contributed by atoms with van der Waals surface area (Å²) < 4.78 is 0. The van der Waals surface area contributed by atoms with Gasteiger partial charge in [-0.2, -0.15) is 5.26 Å². The van der Waals surface area contributed by atoms with Crippen LogP contribution in [0.25, 0.3) is 11.4 Å². The Labute approximate surface area is 144 Å². The minimum atomic E-state index is -0.987. The summed E-state index contributed by atoms with van der Waals surface area (Å²) in [5, 5.41) is 29.7. The van der Waals surface area contributed by atoms with Crippen LogP contribution in [-0.4, -0.2) is 38.7 Å². The lowest BCUT2D eigenvalue weighted by molar-refractivity contribution is -0.384. The molecule has 1 saturated heterocycles.